The molecule has 0 bridgehead atoms. The van der Waals surface area contributed by atoms with Crippen molar-refractivity contribution in [2.24, 2.45) is 0 Å². The summed E-state index contributed by atoms with van der Waals surface area (Å²) in [5.41, 5.74) is 0.928. The summed E-state index contributed by atoms with van der Waals surface area (Å²) in [5, 5.41) is 5.02. The lowest BCUT2D eigenvalue weighted by atomic mass is 10.0. The molecule has 1 aliphatic rings. The molecule has 3 rings (SSSR count). The topological polar surface area (TPSA) is 47.4 Å². The maximum Gasteiger partial charge on any atom is 0.274 e. The summed E-state index contributed by atoms with van der Waals surface area (Å²) in [7, 11) is 0. The number of hydrogen-bond donors (Lipinski definition) is 0. The molecule has 1 fully saturated rings. The second-order valence-electron chi connectivity index (χ2n) is 5.95. The maximum absolute atomic E-state index is 12.7. The van der Waals surface area contributed by atoms with Crippen LogP contribution in [0.2, 0.25) is 5.02 Å². The molecule has 0 radical (unpaired) electrons. The van der Waals surface area contributed by atoms with E-state index in [9.17, 15) is 4.79 Å². The van der Waals surface area contributed by atoms with E-state index in [1.54, 1.807) is 23.0 Å². The number of carbonyl (C=O) groups is 1. The Morgan fingerprint density at radius 3 is 2.91 bits per heavy atom. The number of benzene rings is 1. The van der Waals surface area contributed by atoms with Gasteiger partial charge >= 0.3 is 0 Å². The molecule has 1 aliphatic heterocycles. The quantitative estimate of drug-likeness (QED) is 0.855. The SMILES string of the molecule is CC1(C)COCCN1C(=O)c1ccn(-c2cccc(Cl)c2)n1. The zero-order chi connectivity index (χ0) is 15.7. The minimum atomic E-state index is -0.324. The van der Waals surface area contributed by atoms with Crippen molar-refractivity contribution in [3.05, 3.63) is 47.2 Å². The zero-order valence-corrected chi connectivity index (χ0v) is 13.4. The first kappa shape index (κ1) is 15.1. The van der Waals surface area contributed by atoms with Gasteiger partial charge in [0.25, 0.3) is 5.91 Å². The molecule has 0 saturated carbocycles. The molecule has 0 atom stereocenters. The van der Waals surface area contributed by atoms with Crippen molar-refractivity contribution in [1.82, 2.24) is 14.7 Å². The molecule has 22 heavy (non-hydrogen) atoms. The monoisotopic (exact) mass is 319 g/mol. The molecule has 0 unspecified atom stereocenters. The van der Waals surface area contributed by atoms with E-state index in [4.69, 9.17) is 16.3 Å². The number of carbonyl (C=O) groups excluding carboxylic acids is 1. The number of rotatable bonds is 2. The number of halogens is 1. The molecule has 2 heterocycles. The van der Waals surface area contributed by atoms with Gasteiger partial charge in [0.2, 0.25) is 0 Å². The van der Waals surface area contributed by atoms with Gasteiger partial charge in [0.1, 0.15) is 0 Å². The lowest BCUT2D eigenvalue weighted by molar-refractivity contribution is -0.0373. The highest BCUT2D eigenvalue weighted by Crippen LogP contribution is 2.22. The summed E-state index contributed by atoms with van der Waals surface area (Å²) in [6, 6.07) is 9.09. The average Bonchev–Trinajstić information content (AvgIpc) is 2.96. The van der Waals surface area contributed by atoms with Crippen molar-refractivity contribution in [3.63, 3.8) is 0 Å². The van der Waals surface area contributed by atoms with Crippen LogP contribution in [0.25, 0.3) is 5.69 Å². The largest absolute Gasteiger partial charge is 0.377 e. The van der Waals surface area contributed by atoms with Crippen LogP contribution in [0.5, 0.6) is 0 Å². The van der Waals surface area contributed by atoms with E-state index in [1.807, 2.05) is 36.9 Å². The summed E-state index contributed by atoms with van der Waals surface area (Å²) in [6.07, 6.45) is 1.77. The summed E-state index contributed by atoms with van der Waals surface area (Å²) < 4.78 is 7.11. The van der Waals surface area contributed by atoms with Crippen molar-refractivity contribution < 1.29 is 9.53 Å². The summed E-state index contributed by atoms with van der Waals surface area (Å²) >= 11 is 5.99. The first-order valence-corrected chi connectivity index (χ1v) is 7.56. The Hall–Kier alpha value is -1.85. The highest BCUT2D eigenvalue weighted by Gasteiger charge is 2.35. The van der Waals surface area contributed by atoms with E-state index in [0.717, 1.165) is 5.69 Å². The van der Waals surface area contributed by atoms with Crippen molar-refractivity contribution >= 4 is 17.5 Å². The molecular formula is C16H18ClN3O2. The fourth-order valence-electron chi connectivity index (χ4n) is 2.57. The first-order chi connectivity index (χ1) is 10.5. The van der Waals surface area contributed by atoms with E-state index in [0.29, 0.717) is 30.5 Å². The predicted octanol–water partition coefficient (Wildman–Crippen LogP) is 2.78. The Kier molecular flexibility index (Phi) is 3.93. The van der Waals surface area contributed by atoms with Crippen LogP contribution in [-0.2, 0) is 4.74 Å². The number of morpholine rings is 1. The van der Waals surface area contributed by atoms with Crippen LogP contribution in [-0.4, -0.2) is 45.9 Å². The van der Waals surface area contributed by atoms with E-state index < -0.39 is 0 Å². The second kappa shape index (κ2) is 5.74. The van der Waals surface area contributed by atoms with Gasteiger partial charge in [0.15, 0.2) is 5.69 Å². The Morgan fingerprint density at radius 1 is 1.36 bits per heavy atom. The number of amides is 1. The van der Waals surface area contributed by atoms with Crippen molar-refractivity contribution in [1.29, 1.82) is 0 Å². The Morgan fingerprint density at radius 2 is 2.18 bits per heavy atom. The molecular weight excluding hydrogens is 302 g/mol. The summed E-state index contributed by atoms with van der Waals surface area (Å²) in [5.74, 6) is -0.0749. The van der Waals surface area contributed by atoms with Crippen molar-refractivity contribution in [2.75, 3.05) is 19.8 Å². The second-order valence-corrected chi connectivity index (χ2v) is 6.38. The Bertz CT molecular complexity index is 696. The van der Waals surface area contributed by atoms with E-state index in [-0.39, 0.29) is 11.4 Å². The zero-order valence-electron chi connectivity index (χ0n) is 12.6. The fraction of sp³-hybridized carbons (Fsp3) is 0.375. The third kappa shape index (κ3) is 2.87. The van der Waals surface area contributed by atoms with E-state index in [2.05, 4.69) is 5.10 Å². The maximum atomic E-state index is 12.7. The van der Waals surface area contributed by atoms with Crippen molar-refractivity contribution in [3.8, 4) is 5.69 Å². The smallest absolute Gasteiger partial charge is 0.274 e. The third-order valence-electron chi connectivity index (χ3n) is 3.77. The molecule has 1 saturated heterocycles. The van der Waals surface area contributed by atoms with Gasteiger partial charge < -0.3 is 9.64 Å². The van der Waals surface area contributed by atoms with Crippen LogP contribution in [0.3, 0.4) is 0 Å². The van der Waals surface area contributed by atoms with Gasteiger partial charge in [-0.3, -0.25) is 4.79 Å². The van der Waals surface area contributed by atoms with Crippen LogP contribution in [0, 0.1) is 0 Å². The summed E-state index contributed by atoms with van der Waals surface area (Å²) in [4.78, 5) is 14.5. The number of aromatic nitrogens is 2. The highest BCUT2D eigenvalue weighted by molar-refractivity contribution is 6.30. The standard InChI is InChI=1S/C16H18ClN3O2/c1-16(2)11-22-9-8-19(16)15(21)14-6-7-20(18-14)13-5-3-4-12(17)10-13/h3-7,10H,8-9,11H2,1-2H3. The summed E-state index contributed by atoms with van der Waals surface area (Å²) in [6.45, 7) is 5.67. The van der Waals surface area contributed by atoms with Crippen LogP contribution in [0.15, 0.2) is 36.5 Å². The molecule has 0 aliphatic carbocycles. The Balaban J connectivity index is 1.86. The lowest BCUT2D eigenvalue weighted by Gasteiger charge is -2.41. The minimum absolute atomic E-state index is 0.0749. The van der Waals surface area contributed by atoms with Gasteiger partial charge in [-0.2, -0.15) is 5.10 Å². The number of nitrogens with zero attached hydrogens (tertiary/aromatic N) is 3. The van der Waals surface area contributed by atoms with E-state index in [1.165, 1.54) is 0 Å². The van der Waals surface area contributed by atoms with Crippen LogP contribution >= 0.6 is 11.6 Å². The third-order valence-corrected chi connectivity index (χ3v) is 4.01. The molecule has 1 amide bonds. The van der Waals surface area contributed by atoms with Gasteiger partial charge in [-0.15, -0.1) is 0 Å². The Labute approximate surface area is 134 Å². The molecule has 5 nitrogen and oxygen atoms in total. The van der Waals surface area contributed by atoms with Gasteiger partial charge in [-0.1, -0.05) is 17.7 Å². The molecule has 1 aromatic heterocycles. The molecule has 116 valence electrons. The molecule has 2 aromatic rings. The van der Waals surface area contributed by atoms with Gasteiger partial charge in [0.05, 0.1) is 24.4 Å². The fourth-order valence-corrected chi connectivity index (χ4v) is 2.76. The molecule has 0 spiro atoms. The molecule has 0 N–H and O–H groups in total. The highest BCUT2D eigenvalue weighted by atomic mass is 35.5. The van der Waals surface area contributed by atoms with Gasteiger partial charge in [-0.05, 0) is 38.1 Å². The number of ether oxygens (including phenoxy) is 1. The van der Waals surface area contributed by atoms with Crippen LogP contribution < -0.4 is 0 Å². The average molecular weight is 320 g/mol. The first-order valence-electron chi connectivity index (χ1n) is 7.19. The lowest BCUT2D eigenvalue weighted by Crippen LogP contribution is -2.55. The van der Waals surface area contributed by atoms with Crippen LogP contribution in [0.4, 0.5) is 0 Å². The normalized spacial score (nSPS) is 17.5. The minimum Gasteiger partial charge on any atom is -0.377 e. The number of hydrogen-bond acceptors (Lipinski definition) is 3. The van der Waals surface area contributed by atoms with Gasteiger partial charge in [-0.25, -0.2) is 4.68 Å². The molecule has 1 aromatic carbocycles. The predicted molar refractivity (Wildman–Crippen MR) is 84.5 cm³/mol. The molecule has 6 heteroatoms. The van der Waals surface area contributed by atoms with Gasteiger partial charge in [0, 0.05) is 17.8 Å². The van der Waals surface area contributed by atoms with Crippen LogP contribution in [0.1, 0.15) is 24.3 Å². The van der Waals surface area contributed by atoms with E-state index >= 15 is 0 Å². The van der Waals surface area contributed by atoms with Crippen molar-refractivity contribution in [2.45, 2.75) is 19.4 Å².